The molecule has 20 heavy (non-hydrogen) atoms. The second kappa shape index (κ2) is 7.54. The van der Waals surface area contributed by atoms with Gasteiger partial charge in [0.1, 0.15) is 5.82 Å². The monoisotopic (exact) mass is 283 g/mol. The van der Waals surface area contributed by atoms with Gasteiger partial charge in [-0.2, -0.15) is 0 Å². The van der Waals surface area contributed by atoms with Crippen LogP contribution in [-0.2, 0) is 0 Å². The first-order valence-corrected chi connectivity index (χ1v) is 6.40. The van der Waals surface area contributed by atoms with E-state index in [2.05, 4.69) is 10.6 Å². The fraction of sp³-hybridized carbons (Fsp3) is 0.462. The molecule has 0 saturated carbocycles. The van der Waals surface area contributed by atoms with Gasteiger partial charge in [-0.25, -0.2) is 4.39 Å². The third kappa shape index (κ3) is 4.27. The molecule has 1 rings (SSSR count). The minimum Gasteiger partial charge on any atom is -0.352 e. The van der Waals surface area contributed by atoms with Crippen LogP contribution in [0.3, 0.4) is 0 Å². The molecular formula is C13H18FN3O3. The zero-order valence-corrected chi connectivity index (χ0v) is 11.5. The second-order valence-electron chi connectivity index (χ2n) is 4.34. The number of benzene rings is 1. The lowest BCUT2D eigenvalue weighted by Gasteiger charge is -2.08. The molecule has 0 radical (unpaired) electrons. The van der Waals surface area contributed by atoms with Crippen LogP contribution in [0.2, 0.25) is 0 Å². The lowest BCUT2D eigenvalue weighted by atomic mass is 10.1. The Bertz CT molecular complexity index is 506. The molecule has 0 atom stereocenters. The predicted octanol–water partition coefficient (Wildman–Crippen LogP) is 1.77. The summed E-state index contributed by atoms with van der Waals surface area (Å²) in [5.74, 6) is -1.36. The molecule has 0 aliphatic heterocycles. The molecule has 7 heteroatoms. The van der Waals surface area contributed by atoms with Crippen molar-refractivity contribution >= 4 is 11.6 Å². The molecule has 0 bridgehead atoms. The summed E-state index contributed by atoms with van der Waals surface area (Å²) >= 11 is 0. The van der Waals surface area contributed by atoms with Crippen LogP contribution in [0.25, 0.3) is 0 Å². The molecule has 0 saturated heterocycles. The minimum absolute atomic E-state index is 0.0806. The highest BCUT2D eigenvalue weighted by molar-refractivity contribution is 5.95. The number of halogens is 1. The van der Waals surface area contributed by atoms with Gasteiger partial charge in [0.25, 0.3) is 11.6 Å². The first-order chi connectivity index (χ1) is 9.47. The molecule has 1 amide bonds. The highest BCUT2D eigenvalue weighted by Gasteiger charge is 2.19. The summed E-state index contributed by atoms with van der Waals surface area (Å²) in [4.78, 5) is 21.9. The fourth-order valence-corrected chi connectivity index (χ4v) is 1.71. The molecule has 6 nitrogen and oxygen atoms in total. The average molecular weight is 283 g/mol. The number of carbonyl (C=O) groups excluding carboxylic acids is 1. The van der Waals surface area contributed by atoms with E-state index in [0.717, 1.165) is 25.2 Å². The van der Waals surface area contributed by atoms with Gasteiger partial charge >= 0.3 is 0 Å². The van der Waals surface area contributed by atoms with Crippen LogP contribution >= 0.6 is 0 Å². The Balaban J connectivity index is 2.74. The molecule has 0 spiro atoms. The van der Waals surface area contributed by atoms with E-state index in [-0.39, 0.29) is 16.8 Å². The zero-order valence-electron chi connectivity index (χ0n) is 11.5. The van der Waals surface area contributed by atoms with E-state index in [1.54, 1.807) is 0 Å². The maximum absolute atomic E-state index is 13.8. The Morgan fingerprint density at radius 1 is 1.40 bits per heavy atom. The van der Waals surface area contributed by atoms with E-state index in [9.17, 15) is 19.3 Å². The van der Waals surface area contributed by atoms with Crippen molar-refractivity contribution in [3.05, 3.63) is 39.2 Å². The Kier molecular flexibility index (Phi) is 6.05. The molecule has 0 aliphatic rings. The molecule has 0 heterocycles. The number of nitrogens with one attached hydrogen (secondary N) is 2. The Morgan fingerprint density at radius 2 is 2.10 bits per heavy atom. The number of nitrogens with zero attached hydrogens (tertiary/aromatic N) is 1. The van der Waals surface area contributed by atoms with Crippen molar-refractivity contribution in [2.45, 2.75) is 20.3 Å². The Morgan fingerprint density at radius 3 is 2.70 bits per heavy atom. The smallest absolute Gasteiger partial charge is 0.270 e. The van der Waals surface area contributed by atoms with Crippen LogP contribution in [0, 0.1) is 22.9 Å². The van der Waals surface area contributed by atoms with E-state index < -0.39 is 16.6 Å². The van der Waals surface area contributed by atoms with Crippen molar-refractivity contribution in [3.8, 4) is 0 Å². The summed E-state index contributed by atoms with van der Waals surface area (Å²) in [6.45, 7) is 5.33. The largest absolute Gasteiger partial charge is 0.352 e. The minimum atomic E-state index is -0.722. The Labute approximate surface area is 116 Å². The summed E-state index contributed by atoms with van der Waals surface area (Å²) in [5, 5.41) is 16.4. The first kappa shape index (κ1) is 16.0. The van der Waals surface area contributed by atoms with Gasteiger partial charge < -0.3 is 10.6 Å². The number of hydrogen-bond donors (Lipinski definition) is 2. The Hall–Kier alpha value is -2.02. The van der Waals surface area contributed by atoms with Gasteiger partial charge in [-0.3, -0.25) is 14.9 Å². The van der Waals surface area contributed by atoms with Crippen molar-refractivity contribution in [2.75, 3.05) is 19.6 Å². The summed E-state index contributed by atoms with van der Waals surface area (Å²) in [5.41, 5.74) is -0.501. The molecule has 110 valence electrons. The van der Waals surface area contributed by atoms with Crippen molar-refractivity contribution in [3.63, 3.8) is 0 Å². The topological polar surface area (TPSA) is 84.3 Å². The number of aryl methyl sites for hydroxylation is 1. The number of amides is 1. The molecule has 0 aliphatic carbocycles. The second-order valence-corrected chi connectivity index (χ2v) is 4.34. The van der Waals surface area contributed by atoms with Gasteiger partial charge in [0.2, 0.25) is 0 Å². The molecular weight excluding hydrogens is 265 g/mol. The SMILES string of the molecule is CCNCCCNC(=O)c1cc([N+](=O)[O-])cc(C)c1F. The highest BCUT2D eigenvalue weighted by Crippen LogP contribution is 2.20. The molecule has 1 aromatic carbocycles. The first-order valence-electron chi connectivity index (χ1n) is 6.40. The summed E-state index contributed by atoms with van der Waals surface area (Å²) < 4.78 is 13.8. The molecule has 1 aromatic rings. The molecule has 0 fully saturated rings. The number of rotatable bonds is 7. The van der Waals surface area contributed by atoms with E-state index >= 15 is 0 Å². The summed E-state index contributed by atoms with van der Waals surface area (Å²) in [6, 6.07) is 2.07. The van der Waals surface area contributed by atoms with Gasteiger partial charge in [-0.15, -0.1) is 0 Å². The van der Waals surface area contributed by atoms with E-state index in [1.807, 2.05) is 6.92 Å². The van der Waals surface area contributed by atoms with Crippen molar-refractivity contribution in [1.82, 2.24) is 10.6 Å². The standard InChI is InChI=1S/C13H18FN3O3/c1-3-15-5-4-6-16-13(18)11-8-10(17(19)20)7-9(2)12(11)14/h7-8,15H,3-6H2,1-2H3,(H,16,18). The fourth-order valence-electron chi connectivity index (χ4n) is 1.71. The number of carbonyl (C=O) groups is 1. The quantitative estimate of drug-likeness (QED) is 0.454. The van der Waals surface area contributed by atoms with Crippen molar-refractivity contribution in [1.29, 1.82) is 0 Å². The zero-order chi connectivity index (χ0) is 15.1. The maximum Gasteiger partial charge on any atom is 0.270 e. The van der Waals surface area contributed by atoms with Gasteiger partial charge in [-0.05, 0) is 32.0 Å². The van der Waals surface area contributed by atoms with Gasteiger partial charge in [0.05, 0.1) is 10.5 Å². The lowest BCUT2D eigenvalue weighted by molar-refractivity contribution is -0.385. The maximum atomic E-state index is 13.8. The number of nitro benzene ring substituents is 1. The summed E-state index contributed by atoms with van der Waals surface area (Å²) in [7, 11) is 0. The van der Waals surface area contributed by atoms with Crippen LogP contribution in [0.5, 0.6) is 0 Å². The van der Waals surface area contributed by atoms with Crippen LogP contribution in [0.4, 0.5) is 10.1 Å². The van der Waals surface area contributed by atoms with Gasteiger partial charge in [0, 0.05) is 18.7 Å². The normalized spacial score (nSPS) is 10.3. The number of non-ortho nitro benzene ring substituents is 1. The van der Waals surface area contributed by atoms with Crippen LogP contribution in [0.15, 0.2) is 12.1 Å². The van der Waals surface area contributed by atoms with Crippen molar-refractivity contribution < 1.29 is 14.1 Å². The van der Waals surface area contributed by atoms with Crippen molar-refractivity contribution in [2.24, 2.45) is 0 Å². The summed E-state index contributed by atoms with van der Waals surface area (Å²) in [6.07, 6.45) is 0.703. The van der Waals surface area contributed by atoms with E-state index in [1.165, 1.54) is 6.92 Å². The van der Waals surface area contributed by atoms with Gasteiger partial charge in [0.15, 0.2) is 0 Å². The van der Waals surface area contributed by atoms with Crippen LogP contribution < -0.4 is 10.6 Å². The number of nitro groups is 1. The molecule has 0 unspecified atom stereocenters. The highest BCUT2D eigenvalue weighted by atomic mass is 19.1. The third-order valence-electron chi connectivity index (χ3n) is 2.76. The predicted molar refractivity (Wildman–Crippen MR) is 73.3 cm³/mol. The third-order valence-corrected chi connectivity index (χ3v) is 2.76. The van der Waals surface area contributed by atoms with Gasteiger partial charge in [-0.1, -0.05) is 6.92 Å². The molecule has 2 N–H and O–H groups in total. The lowest BCUT2D eigenvalue weighted by Crippen LogP contribution is -2.28. The average Bonchev–Trinajstić information content (AvgIpc) is 2.41. The van der Waals surface area contributed by atoms with E-state index in [0.29, 0.717) is 13.0 Å². The van der Waals surface area contributed by atoms with Crippen LogP contribution in [0.1, 0.15) is 29.3 Å². The van der Waals surface area contributed by atoms with Crippen LogP contribution in [-0.4, -0.2) is 30.5 Å². The van der Waals surface area contributed by atoms with E-state index in [4.69, 9.17) is 0 Å². The number of hydrogen-bond acceptors (Lipinski definition) is 4. The molecule has 0 aromatic heterocycles.